The zero-order chi connectivity index (χ0) is 18.4. The number of hydrogen-bond acceptors (Lipinski definition) is 4. The first-order valence-corrected chi connectivity index (χ1v) is 8.16. The predicted octanol–water partition coefficient (Wildman–Crippen LogP) is 4.36. The van der Waals surface area contributed by atoms with Gasteiger partial charge in [0.1, 0.15) is 6.61 Å². The van der Waals surface area contributed by atoms with E-state index in [1.807, 2.05) is 39.1 Å². The van der Waals surface area contributed by atoms with Crippen LogP contribution in [0, 0.1) is 0 Å². The van der Waals surface area contributed by atoms with Gasteiger partial charge in [0, 0.05) is 17.3 Å². The minimum atomic E-state index is -0.355. The fourth-order valence-electron chi connectivity index (χ4n) is 2.12. The van der Waals surface area contributed by atoms with Crippen molar-refractivity contribution in [3.8, 4) is 11.6 Å². The van der Waals surface area contributed by atoms with Crippen molar-refractivity contribution in [2.45, 2.75) is 20.8 Å². The summed E-state index contributed by atoms with van der Waals surface area (Å²) >= 11 is 5.89. The molecule has 0 N–H and O–H groups in total. The number of benzene rings is 1. The molecule has 1 aromatic carbocycles. The Bertz CT molecular complexity index is 800. The molecule has 0 saturated carbocycles. The number of aromatic nitrogens is 2. The summed E-state index contributed by atoms with van der Waals surface area (Å²) in [7, 11) is 1.37. The van der Waals surface area contributed by atoms with Crippen LogP contribution in [0.25, 0.3) is 5.69 Å². The predicted molar refractivity (Wildman–Crippen MR) is 98.2 cm³/mol. The second-order valence-corrected chi connectivity index (χ2v) is 6.20. The number of halogens is 1. The van der Waals surface area contributed by atoms with E-state index in [4.69, 9.17) is 21.1 Å². The zero-order valence-corrected chi connectivity index (χ0v) is 15.5. The Morgan fingerprint density at radius 1 is 1.20 bits per heavy atom. The summed E-state index contributed by atoms with van der Waals surface area (Å²) in [5.74, 6) is 0.144. The minimum absolute atomic E-state index is 0.325. The Balaban J connectivity index is 2.04. The number of ether oxygens (including phenoxy) is 2. The Labute approximate surface area is 152 Å². The van der Waals surface area contributed by atoms with Crippen molar-refractivity contribution in [1.82, 2.24) is 9.78 Å². The molecule has 2 aromatic rings. The molecule has 0 aliphatic carbocycles. The highest BCUT2D eigenvalue weighted by Crippen LogP contribution is 2.16. The van der Waals surface area contributed by atoms with E-state index in [2.05, 4.69) is 5.10 Å². The molecule has 0 amide bonds. The van der Waals surface area contributed by atoms with Gasteiger partial charge in [0.05, 0.1) is 18.4 Å². The van der Waals surface area contributed by atoms with Crippen molar-refractivity contribution in [2.75, 3.05) is 13.7 Å². The van der Waals surface area contributed by atoms with Gasteiger partial charge in [0.25, 0.3) is 0 Å². The highest BCUT2D eigenvalue weighted by Gasteiger charge is 2.09. The molecule has 1 heterocycles. The van der Waals surface area contributed by atoms with Gasteiger partial charge in [0.2, 0.25) is 5.88 Å². The molecule has 0 aliphatic rings. The number of carbonyl (C=O) groups excluding carboxylic acids is 1. The molecular weight excluding hydrogens is 340 g/mol. The van der Waals surface area contributed by atoms with Crippen molar-refractivity contribution in [1.29, 1.82) is 0 Å². The highest BCUT2D eigenvalue weighted by atomic mass is 35.5. The number of rotatable bonds is 6. The van der Waals surface area contributed by atoms with Crippen LogP contribution in [-0.4, -0.2) is 29.5 Å². The van der Waals surface area contributed by atoms with Crippen molar-refractivity contribution in [3.05, 3.63) is 64.3 Å². The summed E-state index contributed by atoms with van der Waals surface area (Å²) < 4.78 is 12.2. The third-order valence-corrected chi connectivity index (χ3v) is 3.69. The molecule has 0 aliphatic heterocycles. The largest absolute Gasteiger partial charge is 0.472 e. The number of esters is 1. The monoisotopic (exact) mass is 360 g/mol. The molecule has 6 heteroatoms. The Hall–Kier alpha value is -2.53. The lowest BCUT2D eigenvalue weighted by Crippen LogP contribution is -2.07. The molecule has 0 radical (unpaired) electrons. The average molecular weight is 361 g/mol. The van der Waals surface area contributed by atoms with Crippen LogP contribution in [0.1, 0.15) is 20.8 Å². The van der Waals surface area contributed by atoms with Crippen LogP contribution < -0.4 is 4.74 Å². The molecule has 0 spiro atoms. The third-order valence-electron chi connectivity index (χ3n) is 3.44. The van der Waals surface area contributed by atoms with E-state index >= 15 is 0 Å². The molecule has 1 aromatic heterocycles. The van der Waals surface area contributed by atoms with Crippen LogP contribution in [0.3, 0.4) is 0 Å². The molecule has 0 bridgehead atoms. The molecule has 0 fully saturated rings. The smallest absolute Gasteiger partial charge is 0.337 e. The fourth-order valence-corrected chi connectivity index (χ4v) is 2.24. The summed E-state index contributed by atoms with van der Waals surface area (Å²) in [5.41, 5.74) is 3.21. The van der Waals surface area contributed by atoms with Gasteiger partial charge in [0.15, 0.2) is 0 Å². The molecule has 2 rings (SSSR count). The number of hydrogen-bond donors (Lipinski definition) is 0. The zero-order valence-electron chi connectivity index (χ0n) is 14.7. The number of carbonyl (C=O) groups is 1. The van der Waals surface area contributed by atoms with Crippen LogP contribution in [0.15, 0.2) is 59.3 Å². The first-order valence-electron chi connectivity index (χ1n) is 7.78. The summed E-state index contributed by atoms with van der Waals surface area (Å²) in [6, 6.07) is 9.15. The van der Waals surface area contributed by atoms with E-state index in [-0.39, 0.29) is 5.97 Å². The van der Waals surface area contributed by atoms with E-state index in [0.717, 1.165) is 16.8 Å². The van der Waals surface area contributed by atoms with Crippen molar-refractivity contribution in [3.63, 3.8) is 0 Å². The van der Waals surface area contributed by atoms with Gasteiger partial charge >= 0.3 is 5.97 Å². The molecule has 5 nitrogen and oxygen atoms in total. The maximum atomic E-state index is 11.8. The van der Waals surface area contributed by atoms with Gasteiger partial charge in [-0.3, -0.25) is 0 Å². The SMILES string of the molecule is COC(=O)C(/C=C(/C)COc1ccn(-c2ccc(Cl)cc2)n1)=C(C)C. The summed E-state index contributed by atoms with van der Waals surface area (Å²) in [6.07, 6.45) is 3.59. The first-order chi connectivity index (χ1) is 11.9. The van der Waals surface area contributed by atoms with Crippen molar-refractivity contribution in [2.24, 2.45) is 0 Å². The Kier molecular flexibility index (Phi) is 6.42. The second-order valence-electron chi connectivity index (χ2n) is 5.76. The first kappa shape index (κ1) is 18.8. The lowest BCUT2D eigenvalue weighted by atomic mass is 10.1. The normalized spacial score (nSPS) is 11.2. The van der Waals surface area contributed by atoms with E-state index in [0.29, 0.717) is 23.1 Å². The van der Waals surface area contributed by atoms with Crippen LogP contribution >= 0.6 is 11.6 Å². The van der Waals surface area contributed by atoms with Crippen LogP contribution in [0.5, 0.6) is 5.88 Å². The van der Waals surface area contributed by atoms with Crippen molar-refractivity contribution < 1.29 is 14.3 Å². The Morgan fingerprint density at radius 2 is 1.88 bits per heavy atom. The Morgan fingerprint density at radius 3 is 2.48 bits per heavy atom. The number of nitrogens with zero attached hydrogens (tertiary/aromatic N) is 2. The van der Waals surface area contributed by atoms with E-state index in [9.17, 15) is 4.79 Å². The minimum Gasteiger partial charge on any atom is -0.472 e. The van der Waals surface area contributed by atoms with Gasteiger partial charge in [-0.05, 0) is 56.7 Å². The van der Waals surface area contributed by atoms with E-state index < -0.39 is 0 Å². The van der Waals surface area contributed by atoms with Gasteiger partial charge in [-0.1, -0.05) is 17.2 Å². The molecule has 25 heavy (non-hydrogen) atoms. The maximum absolute atomic E-state index is 11.8. The molecular formula is C19H21ClN2O3. The lowest BCUT2D eigenvalue weighted by molar-refractivity contribution is -0.135. The van der Waals surface area contributed by atoms with Crippen LogP contribution in [0.4, 0.5) is 0 Å². The highest BCUT2D eigenvalue weighted by molar-refractivity contribution is 6.30. The van der Waals surface area contributed by atoms with Crippen molar-refractivity contribution >= 4 is 17.6 Å². The summed E-state index contributed by atoms with van der Waals surface area (Å²) in [4.78, 5) is 11.8. The topological polar surface area (TPSA) is 53.4 Å². The number of methoxy groups -OCH3 is 1. The van der Waals surface area contributed by atoms with E-state index in [1.165, 1.54) is 7.11 Å². The van der Waals surface area contributed by atoms with Gasteiger partial charge in [-0.25, -0.2) is 9.48 Å². The summed E-state index contributed by atoms with van der Waals surface area (Å²) in [5, 5.41) is 5.04. The molecule has 0 saturated heterocycles. The molecule has 0 unspecified atom stereocenters. The number of allylic oxidation sites excluding steroid dienone is 1. The molecule has 132 valence electrons. The van der Waals surface area contributed by atoms with Gasteiger partial charge < -0.3 is 9.47 Å². The van der Waals surface area contributed by atoms with Gasteiger partial charge in [-0.15, -0.1) is 5.10 Å². The summed E-state index contributed by atoms with van der Waals surface area (Å²) in [6.45, 7) is 5.95. The quantitative estimate of drug-likeness (QED) is 0.436. The second kappa shape index (κ2) is 8.53. The molecule has 0 atom stereocenters. The van der Waals surface area contributed by atoms with Gasteiger partial charge in [-0.2, -0.15) is 0 Å². The third kappa shape index (κ3) is 5.22. The standard InChI is InChI=1S/C19H21ClN2O3/c1-13(2)17(19(23)24-4)11-14(3)12-25-18-9-10-22(21-18)16-7-5-15(20)6-8-16/h5-11H,12H2,1-4H3/b14-11-. The maximum Gasteiger partial charge on any atom is 0.337 e. The fraction of sp³-hybridized carbons (Fsp3) is 0.263. The van der Waals surface area contributed by atoms with Crippen LogP contribution in [-0.2, 0) is 9.53 Å². The van der Waals surface area contributed by atoms with E-state index in [1.54, 1.807) is 29.0 Å². The lowest BCUT2D eigenvalue weighted by Gasteiger charge is -2.07. The van der Waals surface area contributed by atoms with Crippen LogP contribution in [0.2, 0.25) is 5.02 Å². The average Bonchev–Trinajstić information content (AvgIpc) is 3.06.